The lowest BCUT2D eigenvalue weighted by atomic mass is 10.2. The normalized spacial score (nSPS) is 11.0. The Labute approximate surface area is 199 Å². The second-order valence-corrected chi connectivity index (χ2v) is 9.14. The van der Waals surface area contributed by atoms with Gasteiger partial charge in [-0.1, -0.05) is 32.3 Å². The molecule has 3 amide bonds. The highest BCUT2D eigenvalue weighted by Gasteiger charge is 2.21. The highest BCUT2D eigenvalue weighted by Crippen LogP contribution is 2.13. The molecule has 0 radical (unpaired) electrons. The van der Waals surface area contributed by atoms with Crippen LogP contribution in [-0.4, -0.2) is 57.9 Å². The molecular weight excluding hydrogens is 460 g/mol. The average Bonchev–Trinajstić information content (AvgIpc) is 2.83. The average molecular weight is 491 g/mol. The van der Waals surface area contributed by atoms with Crippen molar-refractivity contribution < 1.29 is 27.5 Å². The molecule has 0 fully saturated rings. The standard InChI is InChI=1S/C23H30N4O6S/c1-3-4-5-6-12-24-21(28)17-8-7-9-19(15-17)34(31,32)27-22(29)18-10-11-20(26-16-18)23(30)25-13-14-33-2/h7-11,15-16H,3-6,12-14H2,1-2H3,(H,24,28)(H,25,30)(H,27,29). The second kappa shape index (κ2) is 13.4. The number of pyridine rings is 1. The fourth-order valence-electron chi connectivity index (χ4n) is 2.92. The van der Waals surface area contributed by atoms with E-state index in [4.69, 9.17) is 4.74 Å². The molecule has 0 atom stereocenters. The Hall–Kier alpha value is -3.31. The summed E-state index contributed by atoms with van der Waals surface area (Å²) in [5.41, 5.74) is 0.207. The van der Waals surface area contributed by atoms with Crippen molar-refractivity contribution in [3.8, 4) is 0 Å². The first-order chi connectivity index (χ1) is 16.3. The summed E-state index contributed by atoms with van der Waals surface area (Å²) in [6.45, 7) is 3.23. The largest absolute Gasteiger partial charge is 0.383 e. The SMILES string of the molecule is CCCCCCNC(=O)c1cccc(S(=O)(=O)NC(=O)c2ccc(C(=O)NCCOC)nc2)c1. The summed E-state index contributed by atoms with van der Waals surface area (Å²) in [7, 11) is -2.73. The maximum absolute atomic E-state index is 12.7. The minimum Gasteiger partial charge on any atom is -0.383 e. The predicted molar refractivity (Wildman–Crippen MR) is 126 cm³/mol. The zero-order chi connectivity index (χ0) is 25.0. The lowest BCUT2D eigenvalue weighted by Gasteiger charge is -2.09. The number of nitrogens with zero attached hydrogens (tertiary/aromatic N) is 1. The predicted octanol–water partition coefficient (Wildman–Crippen LogP) is 1.89. The highest BCUT2D eigenvalue weighted by molar-refractivity contribution is 7.90. The number of benzene rings is 1. The number of ether oxygens (including phenoxy) is 1. The summed E-state index contributed by atoms with van der Waals surface area (Å²) in [6, 6.07) is 8.05. The zero-order valence-corrected chi connectivity index (χ0v) is 20.1. The Bertz CT molecular complexity index is 1090. The molecule has 0 saturated carbocycles. The van der Waals surface area contributed by atoms with Crippen LogP contribution in [-0.2, 0) is 14.8 Å². The third kappa shape index (κ3) is 8.23. The summed E-state index contributed by atoms with van der Waals surface area (Å²) < 4.78 is 32.2. The molecule has 3 N–H and O–H groups in total. The maximum Gasteiger partial charge on any atom is 0.269 e. The lowest BCUT2D eigenvalue weighted by Crippen LogP contribution is -2.31. The van der Waals surface area contributed by atoms with Gasteiger partial charge in [-0.2, -0.15) is 0 Å². The molecular formula is C23H30N4O6S. The Morgan fingerprint density at radius 3 is 2.35 bits per heavy atom. The van der Waals surface area contributed by atoms with E-state index in [-0.39, 0.29) is 27.6 Å². The number of rotatable bonds is 13. The summed E-state index contributed by atoms with van der Waals surface area (Å²) >= 11 is 0. The van der Waals surface area contributed by atoms with E-state index in [0.29, 0.717) is 19.7 Å². The number of unbranched alkanes of at least 4 members (excludes halogenated alkanes) is 3. The second-order valence-electron chi connectivity index (χ2n) is 7.46. The summed E-state index contributed by atoms with van der Waals surface area (Å²) in [6.07, 6.45) is 5.13. The fourth-order valence-corrected chi connectivity index (χ4v) is 3.94. The van der Waals surface area contributed by atoms with E-state index >= 15 is 0 Å². The first-order valence-corrected chi connectivity index (χ1v) is 12.5. The van der Waals surface area contributed by atoms with Crippen LogP contribution in [0.3, 0.4) is 0 Å². The minimum absolute atomic E-state index is 0.0435. The Morgan fingerprint density at radius 1 is 0.912 bits per heavy atom. The van der Waals surface area contributed by atoms with Gasteiger partial charge in [0.05, 0.1) is 17.1 Å². The van der Waals surface area contributed by atoms with E-state index in [1.165, 1.54) is 43.5 Å². The van der Waals surface area contributed by atoms with Crippen LogP contribution >= 0.6 is 0 Å². The van der Waals surface area contributed by atoms with Crippen LogP contribution in [0.15, 0.2) is 47.5 Å². The molecule has 0 unspecified atom stereocenters. The van der Waals surface area contributed by atoms with Gasteiger partial charge >= 0.3 is 0 Å². The van der Waals surface area contributed by atoms with E-state index in [1.807, 2.05) is 4.72 Å². The van der Waals surface area contributed by atoms with Crippen molar-refractivity contribution in [2.45, 2.75) is 37.5 Å². The molecule has 0 aliphatic rings. The molecule has 0 spiro atoms. The van der Waals surface area contributed by atoms with Crippen LogP contribution in [0, 0.1) is 0 Å². The van der Waals surface area contributed by atoms with Gasteiger partial charge in [0, 0.05) is 32.0 Å². The number of aromatic nitrogens is 1. The van der Waals surface area contributed by atoms with E-state index in [2.05, 4.69) is 22.5 Å². The molecule has 2 rings (SSSR count). The van der Waals surface area contributed by atoms with Gasteiger partial charge in [0.25, 0.3) is 27.7 Å². The van der Waals surface area contributed by atoms with Crippen LogP contribution in [0.1, 0.15) is 63.8 Å². The van der Waals surface area contributed by atoms with Crippen molar-refractivity contribution in [2.75, 3.05) is 26.8 Å². The molecule has 0 saturated heterocycles. The van der Waals surface area contributed by atoms with Gasteiger partial charge in [-0.25, -0.2) is 13.1 Å². The van der Waals surface area contributed by atoms with Gasteiger partial charge in [-0.05, 0) is 36.8 Å². The van der Waals surface area contributed by atoms with E-state index < -0.39 is 21.8 Å². The molecule has 184 valence electrons. The van der Waals surface area contributed by atoms with Crippen molar-refractivity contribution >= 4 is 27.7 Å². The van der Waals surface area contributed by atoms with Gasteiger partial charge in [0.1, 0.15) is 5.69 Å². The van der Waals surface area contributed by atoms with Crippen molar-refractivity contribution in [1.82, 2.24) is 20.3 Å². The number of methoxy groups -OCH3 is 1. The van der Waals surface area contributed by atoms with Gasteiger partial charge < -0.3 is 15.4 Å². The van der Waals surface area contributed by atoms with E-state index in [0.717, 1.165) is 31.9 Å². The number of hydrogen-bond acceptors (Lipinski definition) is 7. The van der Waals surface area contributed by atoms with Crippen molar-refractivity contribution in [2.24, 2.45) is 0 Å². The third-order valence-electron chi connectivity index (χ3n) is 4.80. The maximum atomic E-state index is 12.7. The summed E-state index contributed by atoms with van der Waals surface area (Å²) in [5, 5.41) is 5.35. The number of amides is 3. The van der Waals surface area contributed by atoms with Crippen LogP contribution in [0.25, 0.3) is 0 Å². The molecule has 0 bridgehead atoms. The molecule has 34 heavy (non-hydrogen) atoms. The summed E-state index contributed by atoms with van der Waals surface area (Å²) in [4.78, 5) is 40.4. The molecule has 2 aromatic rings. The number of carbonyl (C=O) groups is 3. The van der Waals surface area contributed by atoms with Crippen LogP contribution in [0.4, 0.5) is 0 Å². The number of carbonyl (C=O) groups excluding carboxylic acids is 3. The fraction of sp³-hybridized carbons (Fsp3) is 0.391. The monoisotopic (exact) mass is 490 g/mol. The molecule has 10 nitrogen and oxygen atoms in total. The third-order valence-corrected chi connectivity index (χ3v) is 6.13. The van der Waals surface area contributed by atoms with E-state index in [9.17, 15) is 22.8 Å². The molecule has 11 heteroatoms. The molecule has 0 aliphatic heterocycles. The summed E-state index contributed by atoms with van der Waals surface area (Å²) in [5.74, 6) is -1.75. The van der Waals surface area contributed by atoms with Gasteiger partial charge in [0.15, 0.2) is 0 Å². The van der Waals surface area contributed by atoms with Gasteiger partial charge in [-0.15, -0.1) is 0 Å². The molecule has 1 heterocycles. The van der Waals surface area contributed by atoms with Gasteiger partial charge in [-0.3, -0.25) is 19.4 Å². The first kappa shape index (κ1) is 26.9. The quantitative estimate of drug-likeness (QED) is 0.364. The van der Waals surface area contributed by atoms with Crippen molar-refractivity contribution in [3.63, 3.8) is 0 Å². The number of sulfonamides is 1. The molecule has 1 aromatic carbocycles. The lowest BCUT2D eigenvalue weighted by molar-refractivity contribution is 0.0927. The topological polar surface area (TPSA) is 144 Å². The Kier molecular flexibility index (Phi) is 10.6. The van der Waals surface area contributed by atoms with Crippen molar-refractivity contribution in [1.29, 1.82) is 0 Å². The highest BCUT2D eigenvalue weighted by atomic mass is 32.2. The van der Waals surface area contributed by atoms with Crippen LogP contribution < -0.4 is 15.4 Å². The van der Waals surface area contributed by atoms with E-state index in [1.54, 1.807) is 0 Å². The first-order valence-electron chi connectivity index (χ1n) is 11.0. The van der Waals surface area contributed by atoms with Crippen LogP contribution in [0.5, 0.6) is 0 Å². The minimum atomic E-state index is -4.24. The number of nitrogens with one attached hydrogen (secondary N) is 3. The van der Waals surface area contributed by atoms with Crippen LogP contribution in [0.2, 0.25) is 0 Å². The molecule has 0 aliphatic carbocycles. The Morgan fingerprint density at radius 2 is 1.68 bits per heavy atom. The zero-order valence-electron chi connectivity index (χ0n) is 19.3. The van der Waals surface area contributed by atoms with Gasteiger partial charge in [0.2, 0.25) is 0 Å². The Balaban J connectivity index is 2.01. The van der Waals surface area contributed by atoms with Crippen molar-refractivity contribution in [3.05, 3.63) is 59.4 Å². The number of hydrogen-bond donors (Lipinski definition) is 3. The smallest absolute Gasteiger partial charge is 0.269 e. The molecule has 1 aromatic heterocycles.